The molecule has 1 atom stereocenters. The first kappa shape index (κ1) is 24.6. The summed E-state index contributed by atoms with van der Waals surface area (Å²) in [5.74, 6) is 0.837. The molecule has 7 heteroatoms. The number of halogens is 1. The van der Waals surface area contributed by atoms with Crippen molar-refractivity contribution in [3.8, 4) is 11.4 Å². The third-order valence-corrected chi connectivity index (χ3v) is 6.28. The highest BCUT2D eigenvalue weighted by atomic mass is 35.5. The van der Waals surface area contributed by atoms with E-state index >= 15 is 0 Å². The quantitative estimate of drug-likeness (QED) is 0.271. The molecule has 0 aliphatic heterocycles. The number of carbonyl (C=O) groups is 1. The van der Waals surface area contributed by atoms with Gasteiger partial charge in [0, 0.05) is 23.6 Å². The van der Waals surface area contributed by atoms with Gasteiger partial charge in [0.25, 0.3) is 0 Å². The molecular formula is C28H28ClN3O3. The van der Waals surface area contributed by atoms with E-state index in [0.29, 0.717) is 36.3 Å². The Morgan fingerprint density at radius 1 is 1.06 bits per heavy atom. The van der Waals surface area contributed by atoms with E-state index in [4.69, 9.17) is 20.9 Å². The zero-order chi connectivity index (χ0) is 24.6. The smallest absolute Gasteiger partial charge is 0.249 e. The number of hydrogen-bond acceptors (Lipinski definition) is 5. The number of nitrogens with zero attached hydrogens (tertiary/aromatic N) is 3. The number of benzene rings is 3. The molecule has 0 spiro atoms. The average Bonchev–Trinajstić information content (AvgIpc) is 3.36. The second-order valence-electron chi connectivity index (χ2n) is 8.38. The average molecular weight is 490 g/mol. The lowest BCUT2D eigenvalue weighted by atomic mass is 10.1. The lowest BCUT2D eigenvalue weighted by Crippen LogP contribution is -2.37. The molecule has 1 unspecified atom stereocenters. The molecular weight excluding hydrogens is 462 g/mol. The maximum atomic E-state index is 13.2. The number of aryl methyl sites for hydroxylation is 1. The molecule has 0 fully saturated rings. The van der Waals surface area contributed by atoms with Gasteiger partial charge in [-0.3, -0.25) is 4.79 Å². The van der Waals surface area contributed by atoms with Crippen molar-refractivity contribution >= 4 is 17.5 Å². The van der Waals surface area contributed by atoms with Crippen LogP contribution in [-0.2, 0) is 22.6 Å². The van der Waals surface area contributed by atoms with E-state index in [-0.39, 0.29) is 18.6 Å². The van der Waals surface area contributed by atoms with Crippen LogP contribution >= 0.6 is 11.6 Å². The van der Waals surface area contributed by atoms with Gasteiger partial charge in [-0.1, -0.05) is 89.6 Å². The second-order valence-corrected chi connectivity index (χ2v) is 8.79. The predicted octanol–water partition coefficient (Wildman–Crippen LogP) is 6.05. The molecule has 0 radical (unpaired) electrons. The number of aromatic nitrogens is 2. The number of amides is 1. The fourth-order valence-electron chi connectivity index (χ4n) is 3.78. The Balaban J connectivity index is 1.43. The lowest BCUT2D eigenvalue weighted by Gasteiger charge is -2.29. The molecule has 4 rings (SSSR count). The predicted molar refractivity (Wildman–Crippen MR) is 136 cm³/mol. The van der Waals surface area contributed by atoms with Gasteiger partial charge in [0.1, 0.15) is 6.61 Å². The van der Waals surface area contributed by atoms with Crippen LogP contribution in [0, 0.1) is 6.92 Å². The summed E-state index contributed by atoms with van der Waals surface area (Å²) in [6.07, 6.45) is 0.425. The summed E-state index contributed by atoms with van der Waals surface area (Å²) in [6, 6.07) is 25.3. The Bertz CT molecular complexity index is 1240. The number of ether oxygens (including phenoxy) is 1. The minimum Gasteiger partial charge on any atom is -0.367 e. The third kappa shape index (κ3) is 6.56. The molecule has 0 saturated carbocycles. The Morgan fingerprint density at radius 2 is 1.77 bits per heavy atom. The highest BCUT2D eigenvalue weighted by molar-refractivity contribution is 6.31. The van der Waals surface area contributed by atoms with Crippen LogP contribution in [-0.4, -0.2) is 34.1 Å². The maximum absolute atomic E-state index is 13.2. The molecule has 35 heavy (non-hydrogen) atoms. The molecule has 6 nitrogen and oxygen atoms in total. The van der Waals surface area contributed by atoms with E-state index in [2.05, 4.69) is 10.1 Å². The van der Waals surface area contributed by atoms with Crippen molar-refractivity contribution in [3.63, 3.8) is 0 Å². The van der Waals surface area contributed by atoms with Gasteiger partial charge in [0.05, 0.1) is 12.6 Å². The molecule has 0 N–H and O–H groups in total. The second kappa shape index (κ2) is 11.8. The summed E-state index contributed by atoms with van der Waals surface area (Å²) >= 11 is 6.24. The number of carbonyl (C=O) groups excluding carboxylic acids is 1. The summed E-state index contributed by atoms with van der Waals surface area (Å²) in [5, 5.41) is 4.74. The fourth-order valence-corrected chi connectivity index (χ4v) is 3.96. The van der Waals surface area contributed by atoms with E-state index in [0.717, 1.165) is 22.3 Å². The molecule has 0 aliphatic carbocycles. The Morgan fingerprint density at radius 3 is 2.49 bits per heavy atom. The monoisotopic (exact) mass is 489 g/mol. The van der Waals surface area contributed by atoms with Gasteiger partial charge in [-0.05, 0) is 36.6 Å². The van der Waals surface area contributed by atoms with Gasteiger partial charge in [-0.15, -0.1) is 0 Å². The molecule has 1 aromatic heterocycles. The van der Waals surface area contributed by atoms with Crippen LogP contribution in [0.25, 0.3) is 11.4 Å². The zero-order valence-electron chi connectivity index (χ0n) is 19.9. The molecule has 1 heterocycles. The lowest BCUT2D eigenvalue weighted by molar-refractivity contribution is -0.138. The van der Waals surface area contributed by atoms with Crippen LogP contribution in [0.5, 0.6) is 0 Å². The topological polar surface area (TPSA) is 68.5 Å². The van der Waals surface area contributed by atoms with E-state index in [1.54, 1.807) is 4.90 Å². The molecule has 0 saturated heterocycles. The van der Waals surface area contributed by atoms with E-state index in [1.807, 2.05) is 92.7 Å². The first-order chi connectivity index (χ1) is 17.0. The van der Waals surface area contributed by atoms with Crippen molar-refractivity contribution < 1.29 is 14.1 Å². The summed E-state index contributed by atoms with van der Waals surface area (Å²) in [7, 11) is 0. The van der Waals surface area contributed by atoms with Crippen molar-refractivity contribution in [2.24, 2.45) is 0 Å². The molecule has 3 aromatic carbocycles. The number of rotatable bonds is 10. The Hall–Kier alpha value is -3.48. The minimum absolute atomic E-state index is 0.0109. The third-order valence-electron chi connectivity index (χ3n) is 5.87. The first-order valence-corrected chi connectivity index (χ1v) is 11.9. The van der Waals surface area contributed by atoms with Crippen LogP contribution in [0.15, 0.2) is 83.4 Å². The van der Waals surface area contributed by atoms with Gasteiger partial charge in [0.2, 0.25) is 17.6 Å². The molecule has 0 bridgehead atoms. The normalized spacial score (nSPS) is 11.9. The van der Waals surface area contributed by atoms with Crippen molar-refractivity contribution in [1.29, 1.82) is 0 Å². The van der Waals surface area contributed by atoms with Crippen molar-refractivity contribution in [3.05, 3.63) is 106 Å². The molecule has 1 amide bonds. The van der Waals surface area contributed by atoms with Crippen LogP contribution in [0.3, 0.4) is 0 Å². The van der Waals surface area contributed by atoms with Gasteiger partial charge in [-0.25, -0.2) is 0 Å². The standard InChI is InChI=1S/C28H28ClN3O3/c1-20-13-14-24(17-25(20)29)28-30-26(35-31-28)15-16-32(21(2)23-11-7-4-8-12-23)27(33)19-34-18-22-9-5-3-6-10-22/h3-14,17,21H,15-16,18-19H2,1-2H3. The van der Waals surface area contributed by atoms with Gasteiger partial charge < -0.3 is 14.2 Å². The van der Waals surface area contributed by atoms with Crippen LogP contribution in [0.4, 0.5) is 0 Å². The summed E-state index contributed by atoms with van der Waals surface area (Å²) in [6.45, 7) is 4.74. The van der Waals surface area contributed by atoms with E-state index < -0.39 is 0 Å². The van der Waals surface area contributed by atoms with Crippen LogP contribution < -0.4 is 0 Å². The Labute approximate surface area is 210 Å². The zero-order valence-corrected chi connectivity index (χ0v) is 20.6. The summed E-state index contributed by atoms with van der Waals surface area (Å²) in [4.78, 5) is 19.5. The highest BCUT2D eigenvalue weighted by Gasteiger charge is 2.22. The van der Waals surface area contributed by atoms with Gasteiger partial charge >= 0.3 is 0 Å². The van der Waals surface area contributed by atoms with Crippen LogP contribution in [0.2, 0.25) is 5.02 Å². The van der Waals surface area contributed by atoms with Crippen LogP contribution in [0.1, 0.15) is 35.5 Å². The molecule has 180 valence electrons. The van der Waals surface area contributed by atoms with E-state index in [1.165, 1.54) is 0 Å². The largest absolute Gasteiger partial charge is 0.367 e. The fraction of sp³-hybridized carbons (Fsp3) is 0.250. The Kier molecular flexibility index (Phi) is 8.29. The number of hydrogen-bond donors (Lipinski definition) is 0. The minimum atomic E-state index is -0.137. The van der Waals surface area contributed by atoms with Gasteiger partial charge in [0.15, 0.2) is 0 Å². The van der Waals surface area contributed by atoms with E-state index in [9.17, 15) is 4.79 Å². The summed E-state index contributed by atoms with van der Waals surface area (Å²) < 4.78 is 11.2. The summed E-state index contributed by atoms with van der Waals surface area (Å²) in [5.41, 5.74) is 3.84. The molecule has 0 aliphatic rings. The SMILES string of the molecule is Cc1ccc(-c2noc(CCN(C(=O)COCc3ccccc3)C(C)c3ccccc3)n2)cc1Cl. The van der Waals surface area contributed by atoms with Crippen molar-refractivity contribution in [2.75, 3.05) is 13.2 Å². The maximum Gasteiger partial charge on any atom is 0.249 e. The van der Waals surface area contributed by atoms with Crippen molar-refractivity contribution in [2.45, 2.75) is 32.9 Å². The van der Waals surface area contributed by atoms with Crippen molar-refractivity contribution in [1.82, 2.24) is 15.0 Å². The highest BCUT2D eigenvalue weighted by Crippen LogP contribution is 2.24. The molecule has 4 aromatic rings. The van der Waals surface area contributed by atoms with Gasteiger partial charge in [-0.2, -0.15) is 4.98 Å². The first-order valence-electron chi connectivity index (χ1n) is 11.6.